The van der Waals surface area contributed by atoms with E-state index in [1.807, 2.05) is 20.8 Å². The van der Waals surface area contributed by atoms with Crippen LogP contribution >= 0.6 is 0 Å². The second-order valence-electron chi connectivity index (χ2n) is 6.10. The Kier molecular flexibility index (Phi) is 4.63. The van der Waals surface area contributed by atoms with Crippen LogP contribution in [0.15, 0.2) is 10.6 Å². The van der Waals surface area contributed by atoms with Crippen molar-refractivity contribution >= 4 is 21.6 Å². The number of nitrogens with one attached hydrogen (secondary N) is 1. The lowest BCUT2D eigenvalue weighted by Crippen LogP contribution is -2.36. The largest absolute Gasteiger partial charge is 0.359 e. The minimum atomic E-state index is -3.49. The number of anilines is 1. The van der Waals surface area contributed by atoms with Gasteiger partial charge in [0.15, 0.2) is 15.7 Å². The fourth-order valence-corrected chi connectivity index (χ4v) is 2.65. The van der Waals surface area contributed by atoms with Crippen LogP contribution in [0.3, 0.4) is 0 Å². The highest BCUT2D eigenvalue weighted by molar-refractivity contribution is 7.93. The van der Waals surface area contributed by atoms with Crippen molar-refractivity contribution < 1.29 is 17.7 Å². The van der Waals surface area contributed by atoms with Gasteiger partial charge in [-0.2, -0.15) is 0 Å². The summed E-state index contributed by atoms with van der Waals surface area (Å²) in [5.41, 5.74) is -0.231. The Balaban J connectivity index is 2.85. The van der Waals surface area contributed by atoms with Crippen LogP contribution < -0.4 is 5.32 Å². The summed E-state index contributed by atoms with van der Waals surface area (Å²) in [5.74, 6) is 0.241. The number of hydrogen-bond donors (Lipinski definition) is 1. The minimum Gasteiger partial charge on any atom is -0.359 e. The number of amides is 1. The highest BCUT2D eigenvalue weighted by atomic mass is 32.2. The normalized spacial score (nSPS) is 14.3. The first-order chi connectivity index (χ1) is 8.96. The van der Waals surface area contributed by atoms with Gasteiger partial charge in [-0.15, -0.1) is 0 Å². The Morgan fingerprint density at radius 1 is 1.30 bits per heavy atom. The van der Waals surface area contributed by atoms with Crippen LogP contribution in [-0.4, -0.2) is 30.0 Å². The molecular formula is C13H22N2O4S. The van der Waals surface area contributed by atoms with E-state index in [2.05, 4.69) is 10.5 Å². The van der Waals surface area contributed by atoms with Crippen molar-refractivity contribution in [1.29, 1.82) is 0 Å². The lowest BCUT2D eigenvalue weighted by molar-refractivity contribution is -0.115. The van der Waals surface area contributed by atoms with Crippen molar-refractivity contribution in [1.82, 2.24) is 5.16 Å². The van der Waals surface area contributed by atoms with Crippen molar-refractivity contribution in [3.63, 3.8) is 0 Å². The van der Waals surface area contributed by atoms with Gasteiger partial charge in [-0.1, -0.05) is 25.9 Å². The molecule has 0 saturated heterocycles. The van der Waals surface area contributed by atoms with E-state index in [9.17, 15) is 13.2 Å². The van der Waals surface area contributed by atoms with E-state index in [4.69, 9.17) is 4.52 Å². The van der Waals surface area contributed by atoms with Crippen molar-refractivity contribution in [2.45, 2.75) is 57.5 Å². The van der Waals surface area contributed by atoms with Crippen LogP contribution in [0.4, 0.5) is 5.82 Å². The molecule has 0 aliphatic heterocycles. The maximum atomic E-state index is 12.0. The number of nitrogens with zero attached hydrogens (tertiary/aromatic N) is 1. The first-order valence-electron chi connectivity index (χ1n) is 6.47. The van der Waals surface area contributed by atoms with Gasteiger partial charge >= 0.3 is 0 Å². The SMILES string of the molecule is CC(C)S(=O)(=O)[C@@H](C)C(=O)Nc1cc(C(C)(C)C)on1. The predicted octanol–water partition coefficient (Wildman–Crippen LogP) is 2.12. The molecule has 6 nitrogen and oxygen atoms in total. The maximum Gasteiger partial charge on any atom is 0.243 e. The second kappa shape index (κ2) is 5.55. The Hall–Kier alpha value is -1.37. The summed E-state index contributed by atoms with van der Waals surface area (Å²) in [6.45, 7) is 10.3. The summed E-state index contributed by atoms with van der Waals surface area (Å²) >= 11 is 0. The molecule has 0 aliphatic rings. The van der Waals surface area contributed by atoms with Gasteiger partial charge in [0.05, 0.1) is 5.25 Å². The minimum absolute atomic E-state index is 0.228. The Bertz CT molecular complexity index is 582. The van der Waals surface area contributed by atoms with Crippen LogP contribution in [0.1, 0.15) is 47.3 Å². The third-order valence-electron chi connectivity index (χ3n) is 3.02. The van der Waals surface area contributed by atoms with Crippen LogP contribution in [0.5, 0.6) is 0 Å². The van der Waals surface area contributed by atoms with Gasteiger partial charge in [-0.05, 0) is 20.8 Å². The van der Waals surface area contributed by atoms with Crippen molar-refractivity contribution in [3.8, 4) is 0 Å². The van der Waals surface area contributed by atoms with E-state index >= 15 is 0 Å². The first-order valence-corrected chi connectivity index (χ1v) is 8.08. The zero-order chi connectivity index (χ0) is 15.7. The average molecular weight is 302 g/mol. The average Bonchev–Trinajstić information content (AvgIpc) is 2.75. The molecule has 0 spiro atoms. The Morgan fingerprint density at radius 2 is 1.85 bits per heavy atom. The molecule has 0 aliphatic carbocycles. The molecule has 1 aromatic rings. The molecule has 1 amide bonds. The molecular weight excluding hydrogens is 280 g/mol. The van der Waals surface area contributed by atoms with Crippen molar-refractivity contribution in [2.24, 2.45) is 0 Å². The highest BCUT2D eigenvalue weighted by Crippen LogP contribution is 2.24. The molecule has 0 radical (unpaired) electrons. The number of rotatable bonds is 4. The predicted molar refractivity (Wildman–Crippen MR) is 77.4 cm³/mol. The molecule has 114 valence electrons. The lowest BCUT2D eigenvalue weighted by Gasteiger charge is -2.14. The van der Waals surface area contributed by atoms with Gasteiger partial charge in [-0.3, -0.25) is 4.79 Å². The number of sulfone groups is 1. The molecule has 0 bridgehead atoms. The first kappa shape index (κ1) is 16.7. The molecule has 0 fully saturated rings. The van der Waals surface area contributed by atoms with Crippen LogP contribution in [0, 0.1) is 0 Å². The highest BCUT2D eigenvalue weighted by Gasteiger charge is 2.31. The molecule has 0 aromatic carbocycles. The lowest BCUT2D eigenvalue weighted by atomic mass is 9.93. The maximum absolute atomic E-state index is 12.0. The van der Waals surface area contributed by atoms with Crippen LogP contribution in [-0.2, 0) is 20.0 Å². The third-order valence-corrected chi connectivity index (χ3v) is 5.53. The van der Waals surface area contributed by atoms with Gasteiger partial charge in [0, 0.05) is 11.5 Å². The molecule has 1 N–H and O–H groups in total. The molecule has 0 unspecified atom stereocenters. The Labute approximate surface area is 119 Å². The van der Waals surface area contributed by atoms with Crippen LogP contribution in [0.25, 0.3) is 0 Å². The zero-order valence-corrected chi connectivity index (χ0v) is 13.5. The monoisotopic (exact) mass is 302 g/mol. The van der Waals surface area contributed by atoms with E-state index in [-0.39, 0.29) is 11.2 Å². The van der Waals surface area contributed by atoms with E-state index in [0.29, 0.717) is 5.76 Å². The summed E-state index contributed by atoms with van der Waals surface area (Å²) in [4.78, 5) is 12.0. The van der Waals surface area contributed by atoms with E-state index in [0.717, 1.165) is 0 Å². The van der Waals surface area contributed by atoms with Gasteiger partial charge in [0.25, 0.3) is 0 Å². The smallest absolute Gasteiger partial charge is 0.243 e. The van der Waals surface area contributed by atoms with Gasteiger partial charge in [-0.25, -0.2) is 8.42 Å². The van der Waals surface area contributed by atoms with E-state index in [1.54, 1.807) is 19.9 Å². The number of aromatic nitrogens is 1. The molecule has 1 atom stereocenters. The molecule has 0 saturated carbocycles. The Morgan fingerprint density at radius 3 is 2.25 bits per heavy atom. The molecule has 1 aromatic heterocycles. The van der Waals surface area contributed by atoms with E-state index in [1.165, 1.54) is 6.92 Å². The third kappa shape index (κ3) is 3.59. The van der Waals surface area contributed by atoms with Crippen LogP contribution in [0.2, 0.25) is 0 Å². The molecule has 20 heavy (non-hydrogen) atoms. The second-order valence-corrected chi connectivity index (χ2v) is 8.92. The summed E-state index contributed by atoms with van der Waals surface area (Å²) in [5, 5.41) is 4.47. The number of carbonyl (C=O) groups is 1. The van der Waals surface area contributed by atoms with Crippen molar-refractivity contribution in [3.05, 3.63) is 11.8 Å². The van der Waals surface area contributed by atoms with Crippen molar-refractivity contribution in [2.75, 3.05) is 5.32 Å². The topological polar surface area (TPSA) is 89.3 Å². The quantitative estimate of drug-likeness (QED) is 0.920. The molecule has 7 heteroatoms. The fraction of sp³-hybridized carbons (Fsp3) is 0.692. The van der Waals surface area contributed by atoms with Gasteiger partial charge < -0.3 is 9.84 Å². The zero-order valence-electron chi connectivity index (χ0n) is 12.7. The molecule has 1 heterocycles. The number of hydrogen-bond acceptors (Lipinski definition) is 5. The number of carbonyl (C=O) groups excluding carboxylic acids is 1. The standard InChI is InChI=1S/C13H22N2O4S/c1-8(2)20(17,18)9(3)12(16)14-11-7-10(19-15-11)13(4,5)6/h7-9H,1-6H3,(H,14,15,16)/t9-/m0/s1. The fourth-order valence-electron chi connectivity index (χ4n) is 1.47. The van der Waals surface area contributed by atoms with Gasteiger partial charge in [0.1, 0.15) is 11.0 Å². The summed E-state index contributed by atoms with van der Waals surface area (Å²) in [6, 6.07) is 1.60. The van der Waals surface area contributed by atoms with E-state index < -0.39 is 26.2 Å². The summed E-state index contributed by atoms with van der Waals surface area (Å²) in [6.07, 6.45) is 0. The van der Waals surface area contributed by atoms with Gasteiger partial charge in [0.2, 0.25) is 5.91 Å². The summed E-state index contributed by atoms with van der Waals surface area (Å²) < 4.78 is 29.0. The molecule has 1 rings (SSSR count). The summed E-state index contributed by atoms with van der Waals surface area (Å²) in [7, 11) is -3.49.